The van der Waals surface area contributed by atoms with Crippen LogP contribution < -0.4 is 5.32 Å². The number of anilines is 1. The molecule has 0 aromatic carbocycles. The number of likely N-dealkylation sites (N-methyl/N-ethyl adjacent to an activating group) is 1. The van der Waals surface area contributed by atoms with E-state index in [4.69, 9.17) is 4.55 Å². The van der Waals surface area contributed by atoms with Crippen molar-refractivity contribution in [2.24, 2.45) is 0 Å². The van der Waals surface area contributed by atoms with Crippen molar-refractivity contribution in [3.05, 3.63) is 12.7 Å². The Morgan fingerprint density at radius 3 is 2.74 bits per heavy atom. The zero-order valence-electron chi connectivity index (χ0n) is 12.0. The molecule has 2 aromatic heterocycles. The van der Waals surface area contributed by atoms with Gasteiger partial charge in [-0.3, -0.25) is 4.55 Å². The molecule has 23 heavy (non-hydrogen) atoms. The summed E-state index contributed by atoms with van der Waals surface area (Å²) in [5.41, 5.74) is 0.961. The van der Waals surface area contributed by atoms with Gasteiger partial charge >= 0.3 is 10.3 Å². The molecule has 126 valence electrons. The van der Waals surface area contributed by atoms with Crippen LogP contribution in [0.15, 0.2) is 12.7 Å². The van der Waals surface area contributed by atoms with Crippen molar-refractivity contribution >= 4 is 27.3 Å². The second-order valence-electron chi connectivity index (χ2n) is 5.35. The van der Waals surface area contributed by atoms with Gasteiger partial charge in [0, 0.05) is 7.05 Å². The SMILES string of the molecule is CN([C@@H]1C[C@@H](Nc2ncnc3nc[nH]c23)[C@H](O)[C@@H]1O)S(=O)(=O)O. The van der Waals surface area contributed by atoms with Crippen LogP contribution in [0.4, 0.5) is 5.82 Å². The molecule has 4 atom stereocenters. The number of hydrogen-bond donors (Lipinski definition) is 5. The third kappa shape index (κ3) is 2.86. The predicted octanol–water partition coefficient (Wildman–Crippen LogP) is -1.64. The zero-order chi connectivity index (χ0) is 16.8. The number of imidazole rings is 1. The first-order valence-electron chi connectivity index (χ1n) is 6.76. The van der Waals surface area contributed by atoms with Gasteiger partial charge in [0.15, 0.2) is 11.5 Å². The molecule has 1 aliphatic carbocycles. The molecule has 0 spiro atoms. The maximum Gasteiger partial charge on any atom is 0.335 e. The summed E-state index contributed by atoms with van der Waals surface area (Å²) in [6.45, 7) is 0. The fourth-order valence-corrected chi connectivity index (χ4v) is 3.29. The van der Waals surface area contributed by atoms with Crippen LogP contribution in [0.5, 0.6) is 0 Å². The molecule has 0 unspecified atom stereocenters. The second kappa shape index (κ2) is 5.65. The minimum absolute atomic E-state index is 0.0816. The van der Waals surface area contributed by atoms with Crippen LogP contribution in [0.3, 0.4) is 0 Å². The highest BCUT2D eigenvalue weighted by molar-refractivity contribution is 7.83. The van der Waals surface area contributed by atoms with Crippen molar-refractivity contribution in [3.63, 3.8) is 0 Å². The van der Waals surface area contributed by atoms with Gasteiger partial charge in [-0.1, -0.05) is 0 Å². The Morgan fingerprint density at radius 2 is 2.04 bits per heavy atom. The Morgan fingerprint density at radius 1 is 1.30 bits per heavy atom. The van der Waals surface area contributed by atoms with Crippen LogP contribution >= 0.6 is 0 Å². The first-order valence-corrected chi connectivity index (χ1v) is 8.16. The van der Waals surface area contributed by atoms with E-state index in [1.165, 1.54) is 12.7 Å². The molecule has 0 radical (unpaired) electrons. The van der Waals surface area contributed by atoms with Crippen molar-refractivity contribution in [3.8, 4) is 0 Å². The Balaban J connectivity index is 1.83. The molecule has 11 nitrogen and oxygen atoms in total. The minimum atomic E-state index is -4.47. The van der Waals surface area contributed by atoms with Crippen LogP contribution in [0.1, 0.15) is 6.42 Å². The predicted molar refractivity (Wildman–Crippen MR) is 78.8 cm³/mol. The third-order valence-electron chi connectivity index (χ3n) is 4.03. The molecule has 12 heteroatoms. The lowest BCUT2D eigenvalue weighted by molar-refractivity contribution is 0.0154. The first-order chi connectivity index (χ1) is 10.8. The molecule has 3 rings (SSSR count). The van der Waals surface area contributed by atoms with Crippen LogP contribution in [-0.2, 0) is 10.3 Å². The number of nitrogens with one attached hydrogen (secondary N) is 2. The van der Waals surface area contributed by atoms with Crippen molar-refractivity contribution in [2.75, 3.05) is 12.4 Å². The number of aliphatic hydroxyl groups is 2. The summed E-state index contributed by atoms with van der Waals surface area (Å²) in [5, 5.41) is 23.1. The second-order valence-corrected chi connectivity index (χ2v) is 6.82. The topological polar surface area (TPSA) is 165 Å². The Labute approximate surface area is 131 Å². The van der Waals surface area contributed by atoms with Gasteiger partial charge < -0.3 is 20.5 Å². The monoisotopic (exact) mass is 344 g/mol. The van der Waals surface area contributed by atoms with Crippen LogP contribution in [0, 0.1) is 0 Å². The Hall–Kier alpha value is -1.86. The molecule has 0 amide bonds. The lowest BCUT2D eigenvalue weighted by atomic mass is 10.2. The molecule has 1 fully saturated rings. The van der Waals surface area contributed by atoms with Gasteiger partial charge in [0.2, 0.25) is 0 Å². The van der Waals surface area contributed by atoms with Crippen molar-refractivity contribution < 1.29 is 23.2 Å². The fraction of sp³-hybridized carbons (Fsp3) is 0.545. The number of H-pyrrole nitrogens is 1. The van der Waals surface area contributed by atoms with Gasteiger partial charge in [-0.15, -0.1) is 0 Å². The first kappa shape index (κ1) is 16.0. The van der Waals surface area contributed by atoms with Gasteiger partial charge in [0.05, 0.1) is 24.5 Å². The third-order valence-corrected chi connectivity index (χ3v) is 5.03. The molecule has 1 aliphatic rings. The number of rotatable bonds is 4. The lowest BCUT2D eigenvalue weighted by Gasteiger charge is -2.23. The van der Waals surface area contributed by atoms with Crippen molar-refractivity contribution in [1.29, 1.82) is 0 Å². The van der Waals surface area contributed by atoms with E-state index in [1.54, 1.807) is 0 Å². The molecule has 2 aromatic rings. The van der Waals surface area contributed by atoms with E-state index in [0.29, 0.717) is 21.3 Å². The highest BCUT2D eigenvalue weighted by Gasteiger charge is 2.46. The standard InChI is InChI=1S/C11H16N6O5S/c1-17(23(20,21)22)6-2-5(8(18)9(6)19)16-11-7-10(13-3-12-7)14-4-15-11/h3-6,8-9,18-19H,2H2,1H3,(H,20,21,22)(H2,12,13,14,15,16)/t5-,6-,8+,9-/m1/s1. The number of fused-ring (bicyclic) bond motifs is 1. The van der Waals surface area contributed by atoms with Gasteiger partial charge in [0.1, 0.15) is 17.9 Å². The molecule has 5 N–H and O–H groups in total. The summed E-state index contributed by atoms with van der Waals surface area (Å²) in [4.78, 5) is 14.9. The van der Waals surface area contributed by atoms with Crippen molar-refractivity contribution in [2.45, 2.75) is 30.7 Å². The van der Waals surface area contributed by atoms with E-state index in [1.807, 2.05) is 0 Å². The summed E-state index contributed by atoms with van der Waals surface area (Å²) < 4.78 is 32.1. The Kier molecular flexibility index (Phi) is 3.93. The molecule has 1 saturated carbocycles. The molecule has 0 aliphatic heterocycles. The fourth-order valence-electron chi connectivity index (χ4n) is 2.73. The van der Waals surface area contributed by atoms with E-state index < -0.39 is 34.6 Å². The Bertz CT molecular complexity index is 810. The largest absolute Gasteiger partial charge is 0.389 e. The number of aromatic amines is 1. The highest BCUT2D eigenvalue weighted by Crippen LogP contribution is 2.29. The van der Waals surface area contributed by atoms with Crippen molar-refractivity contribution in [1.82, 2.24) is 24.2 Å². The van der Waals surface area contributed by atoms with Gasteiger partial charge in [-0.05, 0) is 6.42 Å². The average molecular weight is 344 g/mol. The quantitative estimate of drug-likeness (QED) is 0.409. The minimum Gasteiger partial charge on any atom is -0.389 e. The van der Waals surface area contributed by atoms with E-state index in [-0.39, 0.29) is 6.42 Å². The van der Waals surface area contributed by atoms with E-state index in [9.17, 15) is 18.6 Å². The average Bonchev–Trinajstić information content (AvgIpc) is 3.06. The summed E-state index contributed by atoms with van der Waals surface area (Å²) in [7, 11) is -3.34. The molecular weight excluding hydrogens is 328 g/mol. The lowest BCUT2D eigenvalue weighted by Crippen LogP contribution is -2.44. The van der Waals surface area contributed by atoms with Crippen LogP contribution in [-0.4, -0.2) is 78.8 Å². The number of nitrogens with zero attached hydrogens (tertiary/aromatic N) is 4. The van der Waals surface area contributed by atoms with Crippen LogP contribution in [0.2, 0.25) is 0 Å². The summed E-state index contributed by atoms with van der Waals surface area (Å²) in [5.74, 6) is 0.374. The normalized spacial score (nSPS) is 28.6. The number of aliphatic hydroxyl groups excluding tert-OH is 2. The molecule has 0 saturated heterocycles. The summed E-state index contributed by atoms with van der Waals surface area (Å²) in [6, 6.07) is -1.63. The molecule has 0 bridgehead atoms. The zero-order valence-corrected chi connectivity index (χ0v) is 12.8. The molecule has 2 heterocycles. The van der Waals surface area contributed by atoms with Gasteiger partial charge in [-0.2, -0.15) is 12.7 Å². The van der Waals surface area contributed by atoms with E-state index >= 15 is 0 Å². The van der Waals surface area contributed by atoms with Gasteiger partial charge in [0.25, 0.3) is 0 Å². The summed E-state index contributed by atoms with van der Waals surface area (Å²) >= 11 is 0. The number of aromatic nitrogens is 4. The summed E-state index contributed by atoms with van der Waals surface area (Å²) in [6.07, 6.45) is 0.235. The molecular formula is C11H16N6O5S. The maximum atomic E-state index is 11.2. The maximum absolute atomic E-state index is 11.2. The van der Waals surface area contributed by atoms with E-state index in [0.717, 1.165) is 7.05 Å². The van der Waals surface area contributed by atoms with E-state index in [2.05, 4.69) is 25.3 Å². The van der Waals surface area contributed by atoms with Gasteiger partial charge in [-0.25, -0.2) is 15.0 Å². The highest BCUT2D eigenvalue weighted by atomic mass is 32.2. The van der Waals surface area contributed by atoms with Crippen LogP contribution in [0.25, 0.3) is 11.2 Å². The smallest absolute Gasteiger partial charge is 0.335 e. The number of hydrogen-bond acceptors (Lipinski definition) is 8.